The Labute approximate surface area is 145 Å². The average Bonchev–Trinajstić information content (AvgIpc) is 2.49. The fourth-order valence-electron chi connectivity index (χ4n) is 1.95. The maximum absolute atomic E-state index is 12.1. The van der Waals surface area contributed by atoms with Crippen LogP contribution >= 0.6 is 23.2 Å². The number of anilines is 1. The Morgan fingerprint density at radius 1 is 1.26 bits per heavy atom. The predicted molar refractivity (Wildman–Crippen MR) is 90.4 cm³/mol. The smallest absolute Gasteiger partial charge is 0.340 e. The molecule has 0 aliphatic rings. The minimum absolute atomic E-state index is 0.111. The molecule has 0 fully saturated rings. The summed E-state index contributed by atoms with van der Waals surface area (Å²) in [5.41, 5.74) is 0.304. The average molecular weight is 363 g/mol. The van der Waals surface area contributed by atoms with Crippen molar-refractivity contribution >= 4 is 40.8 Å². The van der Waals surface area contributed by atoms with Crippen LogP contribution in [0.15, 0.2) is 12.1 Å². The first-order chi connectivity index (χ1) is 10.9. The number of nitrogens with one attached hydrogen (secondary N) is 1. The van der Waals surface area contributed by atoms with Crippen molar-refractivity contribution in [1.29, 1.82) is 0 Å². The molecular formula is C15H20Cl2N2O4. The van der Waals surface area contributed by atoms with Crippen LogP contribution in [0.3, 0.4) is 0 Å². The second kappa shape index (κ2) is 9.72. The number of nitrogens with zero attached hydrogens (tertiary/aromatic N) is 1. The number of carbonyl (C=O) groups excluding carboxylic acids is 2. The lowest BCUT2D eigenvalue weighted by molar-refractivity contribution is -0.117. The summed E-state index contributed by atoms with van der Waals surface area (Å²) in [5.74, 6) is -0.919. The van der Waals surface area contributed by atoms with E-state index in [0.717, 1.165) is 6.42 Å². The van der Waals surface area contributed by atoms with Crippen LogP contribution in [0, 0.1) is 0 Å². The molecule has 0 aliphatic carbocycles. The molecule has 0 saturated heterocycles. The fourth-order valence-corrected chi connectivity index (χ4v) is 2.49. The molecule has 0 aliphatic heterocycles. The summed E-state index contributed by atoms with van der Waals surface area (Å²) < 4.78 is 9.65. The highest BCUT2D eigenvalue weighted by atomic mass is 35.5. The van der Waals surface area contributed by atoms with Crippen molar-refractivity contribution in [2.45, 2.75) is 6.42 Å². The van der Waals surface area contributed by atoms with Crippen molar-refractivity contribution in [3.8, 4) is 0 Å². The summed E-state index contributed by atoms with van der Waals surface area (Å²) >= 11 is 12.0. The molecule has 128 valence electrons. The zero-order valence-corrected chi connectivity index (χ0v) is 14.8. The molecule has 0 saturated carbocycles. The van der Waals surface area contributed by atoms with Crippen LogP contribution in [0.4, 0.5) is 5.69 Å². The van der Waals surface area contributed by atoms with Crippen molar-refractivity contribution in [3.05, 3.63) is 27.7 Å². The van der Waals surface area contributed by atoms with Crippen LogP contribution in [0.25, 0.3) is 0 Å². The number of halogens is 2. The molecule has 0 atom stereocenters. The van der Waals surface area contributed by atoms with Gasteiger partial charge in [-0.1, -0.05) is 23.2 Å². The van der Waals surface area contributed by atoms with E-state index in [9.17, 15) is 9.59 Å². The third-order valence-electron chi connectivity index (χ3n) is 3.03. The Kier molecular flexibility index (Phi) is 8.33. The molecule has 1 aromatic carbocycles. The monoisotopic (exact) mass is 362 g/mol. The van der Waals surface area contributed by atoms with Crippen LogP contribution in [0.1, 0.15) is 16.8 Å². The predicted octanol–water partition coefficient (Wildman–Crippen LogP) is 2.69. The van der Waals surface area contributed by atoms with E-state index < -0.39 is 5.97 Å². The Balaban J connectivity index is 2.79. The summed E-state index contributed by atoms with van der Waals surface area (Å²) in [7, 11) is 4.69. The van der Waals surface area contributed by atoms with Gasteiger partial charge in [0.05, 0.1) is 29.9 Å². The zero-order chi connectivity index (χ0) is 17.4. The van der Waals surface area contributed by atoms with E-state index in [0.29, 0.717) is 13.2 Å². The van der Waals surface area contributed by atoms with Crippen molar-refractivity contribution in [2.24, 2.45) is 0 Å². The molecule has 23 heavy (non-hydrogen) atoms. The van der Waals surface area contributed by atoms with Crippen LogP contribution in [0.5, 0.6) is 0 Å². The Bertz CT molecular complexity index is 567. The standard InChI is InChI=1S/C15H20Cl2N2O4/c1-19(5-4-6-22-2)9-13(20)18-14-11(15(21)23-3)7-10(16)8-12(14)17/h7-8H,4-6,9H2,1-3H3,(H,18,20). The summed E-state index contributed by atoms with van der Waals surface area (Å²) in [5, 5.41) is 3.10. The van der Waals surface area contributed by atoms with Gasteiger partial charge >= 0.3 is 5.97 Å². The van der Waals surface area contributed by atoms with Gasteiger partial charge in [0.2, 0.25) is 5.91 Å². The number of carbonyl (C=O) groups is 2. The second-order valence-corrected chi connectivity index (χ2v) is 5.78. The highest BCUT2D eigenvalue weighted by Crippen LogP contribution is 2.30. The van der Waals surface area contributed by atoms with E-state index in [-0.39, 0.29) is 33.7 Å². The van der Waals surface area contributed by atoms with Gasteiger partial charge in [-0.2, -0.15) is 0 Å². The Morgan fingerprint density at radius 2 is 1.96 bits per heavy atom. The molecule has 8 heteroatoms. The minimum Gasteiger partial charge on any atom is -0.465 e. The van der Waals surface area contributed by atoms with Crippen LogP contribution in [-0.2, 0) is 14.3 Å². The van der Waals surface area contributed by atoms with E-state index in [2.05, 4.69) is 10.1 Å². The number of esters is 1. The van der Waals surface area contributed by atoms with Crippen molar-refractivity contribution in [2.75, 3.05) is 46.3 Å². The molecule has 0 unspecified atom stereocenters. The van der Waals surface area contributed by atoms with Crippen LogP contribution in [0.2, 0.25) is 10.0 Å². The lowest BCUT2D eigenvalue weighted by Gasteiger charge is -2.17. The van der Waals surface area contributed by atoms with E-state index in [1.807, 2.05) is 11.9 Å². The van der Waals surface area contributed by atoms with Gasteiger partial charge in [0.15, 0.2) is 0 Å². The quantitative estimate of drug-likeness (QED) is 0.568. The van der Waals surface area contributed by atoms with Crippen molar-refractivity contribution in [1.82, 2.24) is 4.90 Å². The third-order valence-corrected chi connectivity index (χ3v) is 3.54. The Hall–Kier alpha value is -1.34. The maximum Gasteiger partial charge on any atom is 0.340 e. The number of hydrogen-bond acceptors (Lipinski definition) is 5. The number of methoxy groups -OCH3 is 2. The van der Waals surface area contributed by atoms with E-state index in [4.69, 9.17) is 27.9 Å². The first kappa shape index (κ1) is 19.7. The number of ether oxygens (including phenoxy) is 2. The summed E-state index contributed by atoms with van der Waals surface area (Å²) in [6.45, 7) is 1.49. The largest absolute Gasteiger partial charge is 0.465 e. The number of benzene rings is 1. The molecular weight excluding hydrogens is 343 g/mol. The van der Waals surface area contributed by atoms with Gasteiger partial charge in [-0.25, -0.2) is 4.79 Å². The summed E-state index contributed by atoms with van der Waals surface area (Å²) in [6.07, 6.45) is 0.815. The molecule has 0 aromatic heterocycles. The summed E-state index contributed by atoms with van der Waals surface area (Å²) in [4.78, 5) is 25.8. The molecule has 6 nitrogen and oxygen atoms in total. The highest BCUT2D eigenvalue weighted by molar-refractivity contribution is 6.37. The molecule has 1 aromatic rings. The van der Waals surface area contributed by atoms with E-state index in [1.165, 1.54) is 19.2 Å². The molecule has 1 N–H and O–H groups in total. The van der Waals surface area contributed by atoms with Gasteiger partial charge in [-0.05, 0) is 25.6 Å². The first-order valence-corrected chi connectivity index (χ1v) is 7.69. The lowest BCUT2D eigenvalue weighted by Crippen LogP contribution is -2.31. The molecule has 0 radical (unpaired) electrons. The number of rotatable bonds is 8. The zero-order valence-electron chi connectivity index (χ0n) is 13.3. The summed E-state index contributed by atoms with van der Waals surface area (Å²) in [6, 6.07) is 2.85. The number of hydrogen-bond donors (Lipinski definition) is 1. The Morgan fingerprint density at radius 3 is 2.57 bits per heavy atom. The van der Waals surface area contributed by atoms with Gasteiger partial charge in [0.1, 0.15) is 0 Å². The highest BCUT2D eigenvalue weighted by Gasteiger charge is 2.19. The SMILES string of the molecule is COCCCN(C)CC(=O)Nc1c(Cl)cc(Cl)cc1C(=O)OC. The maximum atomic E-state index is 12.1. The van der Waals surface area contributed by atoms with Crippen LogP contribution < -0.4 is 5.32 Å². The minimum atomic E-state index is -0.627. The van der Waals surface area contributed by atoms with Gasteiger partial charge in [0.25, 0.3) is 0 Å². The molecule has 1 rings (SSSR count). The molecule has 0 bridgehead atoms. The first-order valence-electron chi connectivity index (χ1n) is 6.93. The normalized spacial score (nSPS) is 10.7. The third kappa shape index (κ3) is 6.35. The van der Waals surface area contributed by atoms with E-state index in [1.54, 1.807) is 7.11 Å². The second-order valence-electron chi connectivity index (χ2n) is 4.93. The lowest BCUT2D eigenvalue weighted by atomic mass is 10.1. The van der Waals surface area contributed by atoms with Gasteiger partial charge in [0, 0.05) is 25.3 Å². The van der Waals surface area contributed by atoms with Gasteiger partial charge in [-0.3, -0.25) is 9.69 Å². The topological polar surface area (TPSA) is 67.9 Å². The van der Waals surface area contributed by atoms with Crippen LogP contribution in [-0.4, -0.2) is 57.7 Å². The molecule has 0 heterocycles. The van der Waals surface area contributed by atoms with Crippen molar-refractivity contribution in [3.63, 3.8) is 0 Å². The molecule has 0 spiro atoms. The fraction of sp³-hybridized carbons (Fsp3) is 0.467. The molecule has 1 amide bonds. The van der Waals surface area contributed by atoms with E-state index >= 15 is 0 Å². The van der Waals surface area contributed by atoms with Gasteiger partial charge < -0.3 is 14.8 Å². The van der Waals surface area contributed by atoms with Gasteiger partial charge in [-0.15, -0.1) is 0 Å². The number of amides is 1. The van der Waals surface area contributed by atoms with Crippen molar-refractivity contribution < 1.29 is 19.1 Å². The number of likely N-dealkylation sites (N-methyl/N-ethyl adjacent to an activating group) is 1.